The Hall–Kier alpha value is -0.160. The van der Waals surface area contributed by atoms with Crippen molar-refractivity contribution in [3.8, 4) is 0 Å². The van der Waals surface area contributed by atoms with Crippen molar-refractivity contribution in [3.63, 3.8) is 0 Å². The number of aliphatic hydroxyl groups excluding tert-OH is 2. The van der Waals surface area contributed by atoms with Crippen LogP contribution in [-0.4, -0.2) is 40.9 Å². The zero-order chi connectivity index (χ0) is 11.4. The lowest BCUT2D eigenvalue weighted by Gasteiger charge is -2.36. The molecule has 1 heterocycles. The molecule has 1 rings (SSSR count). The summed E-state index contributed by atoms with van der Waals surface area (Å²) in [5.41, 5.74) is 0. The van der Waals surface area contributed by atoms with Crippen LogP contribution in [0, 0.1) is 0 Å². The van der Waals surface area contributed by atoms with Crippen molar-refractivity contribution >= 4 is 0 Å². The van der Waals surface area contributed by atoms with Crippen molar-refractivity contribution < 1.29 is 19.7 Å². The van der Waals surface area contributed by atoms with Gasteiger partial charge in [0.25, 0.3) is 0 Å². The van der Waals surface area contributed by atoms with Gasteiger partial charge in [0.1, 0.15) is 6.10 Å². The number of ether oxygens (including phenoxy) is 2. The van der Waals surface area contributed by atoms with Gasteiger partial charge >= 0.3 is 0 Å². The zero-order valence-corrected chi connectivity index (χ0v) is 9.72. The van der Waals surface area contributed by atoms with Gasteiger partial charge in [-0.05, 0) is 19.8 Å². The van der Waals surface area contributed by atoms with Gasteiger partial charge in [-0.1, -0.05) is 13.8 Å². The molecule has 0 spiro atoms. The van der Waals surface area contributed by atoms with E-state index in [9.17, 15) is 10.2 Å². The number of rotatable bonds is 4. The van der Waals surface area contributed by atoms with E-state index in [4.69, 9.17) is 9.47 Å². The molecule has 1 saturated heterocycles. The van der Waals surface area contributed by atoms with Crippen LogP contribution in [-0.2, 0) is 9.47 Å². The third-order valence-corrected chi connectivity index (χ3v) is 2.93. The first-order valence-electron chi connectivity index (χ1n) is 5.75. The van der Waals surface area contributed by atoms with Crippen LogP contribution in [0.3, 0.4) is 0 Å². The molecule has 1 aliphatic heterocycles. The van der Waals surface area contributed by atoms with Crippen LogP contribution in [0.15, 0.2) is 0 Å². The van der Waals surface area contributed by atoms with Crippen molar-refractivity contribution in [2.75, 3.05) is 0 Å². The van der Waals surface area contributed by atoms with E-state index in [0.717, 1.165) is 12.8 Å². The first-order valence-corrected chi connectivity index (χ1v) is 5.75. The number of hydrogen-bond donors (Lipinski definition) is 2. The van der Waals surface area contributed by atoms with Crippen molar-refractivity contribution in [2.45, 2.75) is 70.7 Å². The van der Waals surface area contributed by atoms with E-state index in [1.807, 2.05) is 0 Å². The van der Waals surface area contributed by atoms with Crippen LogP contribution in [0.1, 0.15) is 40.0 Å². The quantitative estimate of drug-likeness (QED) is 0.740. The number of aliphatic hydroxyl groups is 2. The monoisotopic (exact) mass is 218 g/mol. The van der Waals surface area contributed by atoms with Crippen molar-refractivity contribution in [2.24, 2.45) is 0 Å². The highest BCUT2D eigenvalue weighted by Crippen LogP contribution is 2.22. The van der Waals surface area contributed by atoms with Gasteiger partial charge in [-0.15, -0.1) is 0 Å². The molecule has 1 fully saturated rings. The molecule has 90 valence electrons. The molecule has 4 heteroatoms. The van der Waals surface area contributed by atoms with Crippen LogP contribution in [0.25, 0.3) is 0 Å². The topological polar surface area (TPSA) is 58.9 Å². The van der Waals surface area contributed by atoms with Gasteiger partial charge in [0.15, 0.2) is 6.29 Å². The van der Waals surface area contributed by atoms with E-state index >= 15 is 0 Å². The van der Waals surface area contributed by atoms with Gasteiger partial charge in [-0.2, -0.15) is 0 Å². The highest BCUT2D eigenvalue weighted by molar-refractivity contribution is 4.80. The Balaban J connectivity index is 2.43. The normalized spacial score (nSPS) is 37.2. The molecule has 0 saturated carbocycles. The molecule has 0 amide bonds. The van der Waals surface area contributed by atoms with E-state index in [1.165, 1.54) is 0 Å². The summed E-state index contributed by atoms with van der Waals surface area (Å²) in [7, 11) is 0. The summed E-state index contributed by atoms with van der Waals surface area (Å²) < 4.78 is 11.2. The third kappa shape index (κ3) is 3.41. The minimum absolute atomic E-state index is 0.171. The second kappa shape index (κ2) is 5.80. The van der Waals surface area contributed by atoms with Crippen molar-refractivity contribution in [3.05, 3.63) is 0 Å². The first-order chi connectivity index (χ1) is 7.08. The minimum Gasteiger partial charge on any atom is -0.390 e. The third-order valence-electron chi connectivity index (χ3n) is 2.93. The maximum absolute atomic E-state index is 9.57. The summed E-state index contributed by atoms with van der Waals surface area (Å²) in [6, 6.07) is 0. The maximum Gasteiger partial charge on any atom is 0.161 e. The SMILES string of the molecule is CCC(CC)O[C@@H]1C[C@@H](O)[C@H](O)[C@@H](C)O1. The Morgan fingerprint density at radius 3 is 2.40 bits per heavy atom. The molecule has 4 atom stereocenters. The molecule has 0 aromatic carbocycles. The van der Waals surface area contributed by atoms with Gasteiger partial charge in [-0.25, -0.2) is 0 Å². The Morgan fingerprint density at radius 2 is 1.93 bits per heavy atom. The second-order valence-electron chi connectivity index (χ2n) is 4.14. The van der Waals surface area contributed by atoms with E-state index < -0.39 is 12.2 Å². The molecule has 0 aromatic rings. The summed E-state index contributed by atoms with van der Waals surface area (Å²) >= 11 is 0. The molecule has 1 aliphatic rings. The van der Waals surface area contributed by atoms with Crippen LogP contribution in [0.5, 0.6) is 0 Å². The zero-order valence-electron chi connectivity index (χ0n) is 9.72. The average Bonchev–Trinajstić information content (AvgIpc) is 2.22. The lowest BCUT2D eigenvalue weighted by Crippen LogP contribution is -2.48. The summed E-state index contributed by atoms with van der Waals surface area (Å²) in [6.07, 6.45) is 0.0927. The van der Waals surface area contributed by atoms with Gasteiger partial charge in [0, 0.05) is 6.42 Å². The molecular weight excluding hydrogens is 196 g/mol. The Bertz CT molecular complexity index is 169. The molecule has 0 aliphatic carbocycles. The Labute approximate surface area is 91.2 Å². The molecule has 0 radical (unpaired) electrons. The summed E-state index contributed by atoms with van der Waals surface area (Å²) in [6.45, 7) is 5.87. The Kier molecular flexibility index (Phi) is 4.99. The first kappa shape index (κ1) is 12.9. The van der Waals surface area contributed by atoms with Crippen molar-refractivity contribution in [1.82, 2.24) is 0 Å². The van der Waals surface area contributed by atoms with Crippen LogP contribution in [0.4, 0.5) is 0 Å². The van der Waals surface area contributed by atoms with E-state index in [-0.39, 0.29) is 18.5 Å². The molecule has 2 N–H and O–H groups in total. The van der Waals surface area contributed by atoms with Gasteiger partial charge < -0.3 is 19.7 Å². The smallest absolute Gasteiger partial charge is 0.161 e. The molecule has 15 heavy (non-hydrogen) atoms. The van der Waals surface area contributed by atoms with E-state index in [2.05, 4.69) is 13.8 Å². The highest BCUT2D eigenvalue weighted by atomic mass is 16.7. The molecule has 0 bridgehead atoms. The minimum atomic E-state index is -0.799. The van der Waals surface area contributed by atoms with Gasteiger partial charge in [0.05, 0.1) is 18.3 Å². The Morgan fingerprint density at radius 1 is 1.33 bits per heavy atom. The predicted molar refractivity (Wildman–Crippen MR) is 56.4 cm³/mol. The maximum atomic E-state index is 9.57. The van der Waals surface area contributed by atoms with Crippen LogP contribution >= 0.6 is 0 Å². The summed E-state index contributed by atoms with van der Waals surface area (Å²) in [4.78, 5) is 0. The summed E-state index contributed by atoms with van der Waals surface area (Å²) in [5.74, 6) is 0. The van der Waals surface area contributed by atoms with Gasteiger partial charge in [0.2, 0.25) is 0 Å². The average molecular weight is 218 g/mol. The lowest BCUT2D eigenvalue weighted by molar-refractivity contribution is -0.259. The largest absolute Gasteiger partial charge is 0.390 e. The summed E-state index contributed by atoms with van der Waals surface area (Å²) in [5, 5.41) is 19.0. The lowest BCUT2D eigenvalue weighted by atomic mass is 10.0. The van der Waals surface area contributed by atoms with Gasteiger partial charge in [-0.3, -0.25) is 0 Å². The molecule has 0 unspecified atom stereocenters. The standard InChI is InChI=1S/C11H22O4/c1-4-8(5-2)15-10-6-9(12)11(13)7(3)14-10/h7-13H,4-6H2,1-3H3/t7-,9-,10-,11-/m1/s1. The molecular formula is C11H22O4. The highest BCUT2D eigenvalue weighted by Gasteiger charge is 2.35. The van der Waals surface area contributed by atoms with Crippen molar-refractivity contribution in [1.29, 1.82) is 0 Å². The fraction of sp³-hybridized carbons (Fsp3) is 1.00. The number of hydrogen-bond acceptors (Lipinski definition) is 4. The van der Waals surface area contributed by atoms with E-state index in [1.54, 1.807) is 6.92 Å². The molecule has 0 aromatic heterocycles. The van der Waals surface area contributed by atoms with Crippen LogP contribution in [0.2, 0.25) is 0 Å². The second-order valence-corrected chi connectivity index (χ2v) is 4.14. The van der Waals surface area contributed by atoms with E-state index in [0.29, 0.717) is 6.42 Å². The molecule has 4 nitrogen and oxygen atoms in total. The fourth-order valence-electron chi connectivity index (χ4n) is 1.81. The predicted octanol–water partition coefficient (Wildman–Crippen LogP) is 1.05. The fourth-order valence-corrected chi connectivity index (χ4v) is 1.81. The van der Waals surface area contributed by atoms with Crippen LogP contribution < -0.4 is 0 Å².